The van der Waals surface area contributed by atoms with Crippen LogP contribution in [0.2, 0.25) is 0 Å². The maximum absolute atomic E-state index is 6.05. The van der Waals surface area contributed by atoms with Crippen LogP contribution in [0.1, 0.15) is 32.7 Å². The maximum atomic E-state index is 6.05. The lowest BCUT2D eigenvalue weighted by atomic mass is 9.97. The van der Waals surface area contributed by atoms with Crippen molar-refractivity contribution in [3.05, 3.63) is 18.2 Å². The molecule has 1 saturated carbocycles. The Labute approximate surface area is 118 Å². The summed E-state index contributed by atoms with van der Waals surface area (Å²) < 4.78 is 1.93. The van der Waals surface area contributed by atoms with Crippen LogP contribution < -0.4 is 11.5 Å². The minimum atomic E-state index is 0.340. The van der Waals surface area contributed by atoms with Gasteiger partial charge in [-0.1, -0.05) is 13.8 Å². The van der Waals surface area contributed by atoms with Gasteiger partial charge in [0.05, 0.1) is 6.04 Å². The van der Waals surface area contributed by atoms with Gasteiger partial charge in [-0.2, -0.15) is 0 Å². The predicted molar refractivity (Wildman–Crippen MR) is 78.7 cm³/mol. The Balaban J connectivity index is 2.02. The monoisotopic (exact) mass is 272 g/mol. The number of aromatic nitrogens is 4. The first kappa shape index (κ1) is 12.9. The van der Waals surface area contributed by atoms with E-state index in [1.807, 2.05) is 16.8 Å². The molecule has 1 fully saturated rings. The van der Waals surface area contributed by atoms with Crippen LogP contribution in [-0.4, -0.2) is 20.2 Å². The molecule has 1 aliphatic rings. The molecular formula is C14H20N6. The highest BCUT2D eigenvalue weighted by atomic mass is 15.6. The molecule has 106 valence electrons. The first-order valence-electron chi connectivity index (χ1n) is 7.01. The fourth-order valence-electron chi connectivity index (χ4n) is 3.06. The molecule has 0 aliphatic heterocycles. The van der Waals surface area contributed by atoms with Crippen molar-refractivity contribution in [2.75, 3.05) is 11.5 Å². The van der Waals surface area contributed by atoms with Crippen LogP contribution in [0.15, 0.2) is 18.2 Å². The second kappa shape index (κ2) is 4.77. The number of nitrogens with zero attached hydrogens (tertiary/aromatic N) is 4. The van der Waals surface area contributed by atoms with Crippen molar-refractivity contribution in [1.29, 1.82) is 0 Å². The number of hydrogen-bond donors (Lipinski definition) is 2. The van der Waals surface area contributed by atoms with Gasteiger partial charge < -0.3 is 11.5 Å². The molecule has 0 bridgehead atoms. The fraction of sp³-hybridized carbons (Fsp3) is 0.500. The van der Waals surface area contributed by atoms with Crippen LogP contribution >= 0.6 is 0 Å². The van der Waals surface area contributed by atoms with Gasteiger partial charge in [0, 0.05) is 16.9 Å². The summed E-state index contributed by atoms with van der Waals surface area (Å²) in [5, 5.41) is 12.2. The van der Waals surface area contributed by atoms with Crippen molar-refractivity contribution in [3.63, 3.8) is 0 Å². The van der Waals surface area contributed by atoms with Crippen molar-refractivity contribution in [1.82, 2.24) is 20.2 Å². The van der Waals surface area contributed by atoms with Gasteiger partial charge in [0.25, 0.3) is 0 Å². The molecule has 0 saturated heterocycles. The lowest BCUT2D eigenvalue weighted by molar-refractivity contribution is 0.328. The summed E-state index contributed by atoms with van der Waals surface area (Å²) in [7, 11) is 0. The zero-order valence-corrected chi connectivity index (χ0v) is 11.8. The number of benzene rings is 1. The molecule has 0 spiro atoms. The summed E-state index contributed by atoms with van der Waals surface area (Å²) in [6, 6.07) is 5.79. The maximum Gasteiger partial charge on any atom is 0.184 e. The van der Waals surface area contributed by atoms with Gasteiger partial charge in [0.15, 0.2) is 5.82 Å². The number of anilines is 2. The molecule has 6 heteroatoms. The molecule has 20 heavy (non-hydrogen) atoms. The number of tetrazole rings is 1. The summed E-state index contributed by atoms with van der Waals surface area (Å²) in [5.74, 6) is 1.99. The highest BCUT2D eigenvalue weighted by Crippen LogP contribution is 2.41. The lowest BCUT2D eigenvalue weighted by Crippen LogP contribution is -2.17. The fourth-order valence-corrected chi connectivity index (χ4v) is 3.06. The molecule has 2 aromatic rings. The van der Waals surface area contributed by atoms with E-state index in [-0.39, 0.29) is 0 Å². The zero-order chi connectivity index (χ0) is 14.3. The van der Waals surface area contributed by atoms with Crippen molar-refractivity contribution in [2.45, 2.75) is 32.7 Å². The Kier molecular flexibility index (Phi) is 3.08. The van der Waals surface area contributed by atoms with Crippen LogP contribution in [-0.2, 0) is 0 Å². The molecule has 1 aromatic heterocycles. The molecule has 3 atom stereocenters. The van der Waals surface area contributed by atoms with E-state index in [0.29, 0.717) is 29.3 Å². The third-order valence-electron chi connectivity index (χ3n) is 4.55. The highest BCUT2D eigenvalue weighted by Gasteiger charge is 2.33. The molecule has 0 amide bonds. The van der Waals surface area contributed by atoms with Crippen molar-refractivity contribution >= 4 is 11.4 Å². The van der Waals surface area contributed by atoms with Crippen LogP contribution in [0.3, 0.4) is 0 Å². The zero-order valence-electron chi connectivity index (χ0n) is 11.8. The Morgan fingerprint density at radius 1 is 1.20 bits per heavy atom. The number of rotatable bonds is 2. The van der Waals surface area contributed by atoms with E-state index in [4.69, 9.17) is 11.5 Å². The molecule has 3 rings (SSSR count). The summed E-state index contributed by atoms with van der Waals surface area (Å²) in [4.78, 5) is 0. The largest absolute Gasteiger partial charge is 0.399 e. The van der Waals surface area contributed by atoms with Crippen molar-refractivity contribution in [3.8, 4) is 11.4 Å². The highest BCUT2D eigenvalue weighted by molar-refractivity contribution is 5.74. The van der Waals surface area contributed by atoms with E-state index < -0.39 is 0 Å². The molecular weight excluding hydrogens is 252 g/mol. The molecule has 1 aliphatic carbocycles. The number of nitrogen functional groups attached to an aromatic ring is 2. The molecule has 6 nitrogen and oxygen atoms in total. The van der Waals surface area contributed by atoms with Gasteiger partial charge in [0.1, 0.15) is 0 Å². The van der Waals surface area contributed by atoms with Gasteiger partial charge in [-0.25, -0.2) is 4.68 Å². The summed E-state index contributed by atoms with van der Waals surface area (Å²) >= 11 is 0. The summed E-state index contributed by atoms with van der Waals surface area (Å²) in [6.07, 6.45) is 2.32. The van der Waals surface area contributed by atoms with Gasteiger partial charge in [-0.05, 0) is 53.3 Å². The minimum absolute atomic E-state index is 0.340. The average Bonchev–Trinajstić information content (AvgIpc) is 2.98. The SMILES string of the molecule is CC1CCC(n2nnnc2-c2ccc(N)cc2N)C1C. The van der Waals surface area contributed by atoms with Gasteiger partial charge in [0.2, 0.25) is 0 Å². The van der Waals surface area contributed by atoms with E-state index in [0.717, 1.165) is 17.8 Å². The number of hydrogen-bond acceptors (Lipinski definition) is 5. The van der Waals surface area contributed by atoms with Crippen LogP contribution in [0.5, 0.6) is 0 Å². The Bertz CT molecular complexity index is 620. The van der Waals surface area contributed by atoms with E-state index in [1.165, 1.54) is 6.42 Å². The number of nitrogens with two attached hydrogens (primary N) is 2. The summed E-state index contributed by atoms with van der Waals surface area (Å²) in [6.45, 7) is 4.55. The first-order chi connectivity index (χ1) is 9.58. The quantitative estimate of drug-likeness (QED) is 0.816. The second-order valence-electron chi connectivity index (χ2n) is 5.77. The van der Waals surface area contributed by atoms with Gasteiger partial charge >= 0.3 is 0 Å². The topological polar surface area (TPSA) is 95.6 Å². The van der Waals surface area contributed by atoms with Crippen LogP contribution in [0, 0.1) is 11.8 Å². The normalized spacial score (nSPS) is 26.0. The average molecular weight is 272 g/mol. The third-order valence-corrected chi connectivity index (χ3v) is 4.55. The third kappa shape index (κ3) is 2.01. The Hall–Kier alpha value is -2.11. The molecule has 0 radical (unpaired) electrons. The van der Waals surface area contributed by atoms with E-state index in [1.54, 1.807) is 6.07 Å². The van der Waals surface area contributed by atoms with Crippen LogP contribution in [0.4, 0.5) is 11.4 Å². The minimum Gasteiger partial charge on any atom is -0.399 e. The molecule has 1 heterocycles. The summed E-state index contributed by atoms with van der Waals surface area (Å²) in [5.41, 5.74) is 13.9. The molecule has 4 N–H and O–H groups in total. The van der Waals surface area contributed by atoms with Gasteiger partial charge in [-0.3, -0.25) is 0 Å². The smallest absolute Gasteiger partial charge is 0.184 e. The standard InChI is InChI=1S/C14H20N6/c1-8-3-6-13(9(8)2)20-14(17-18-19-20)11-5-4-10(15)7-12(11)16/h4-5,7-9,13H,3,6,15-16H2,1-2H3. The van der Waals surface area contributed by atoms with Crippen LogP contribution in [0.25, 0.3) is 11.4 Å². The molecule has 3 unspecified atom stereocenters. The Morgan fingerprint density at radius 3 is 2.65 bits per heavy atom. The first-order valence-corrected chi connectivity index (χ1v) is 7.01. The van der Waals surface area contributed by atoms with Crippen molar-refractivity contribution < 1.29 is 0 Å². The Morgan fingerprint density at radius 2 is 2.00 bits per heavy atom. The van der Waals surface area contributed by atoms with Gasteiger partial charge in [-0.15, -0.1) is 5.10 Å². The lowest BCUT2D eigenvalue weighted by Gasteiger charge is -2.19. The molecule has 1 aromatic carbocycles. The van der Waals surface area contributed by atoms with E-state index in [9.17, 15) is 0 Å². The second-order valence-corrected chi connectivity index (χ2v) is 5.77. The van der Waals surface area contributed by atoms with E-state index in [2.05, 4.69) is 29.4 Å². The predicted octanol–water partition coefficient (Wildman–Crippen LogP) is 2.11. The van der Waals surface area contributed by atoms with E-state index >= 15 is 0 Å². The van der Waals surface area contributed by atoms with Crippen molar-refractivity contribution in [2.24, 2.45) is 11.8 Å².